The summed E-state index contributed by atoms with van der Waals surface area (Å²) in [5.41, 5.74) is 4.93. The van der Waals surface area contributed by atoms with Crippen molar-refractivity contribution in [2.24, 2.45) is 4.99 Å². The summed E-state index contributed by atoms with van der Waals surface area (Å²) < 4.78 is 5.81. The number of aliphatic imine (C=N–C) groups is 1. The molecule has 3 aliphatic rings. The number of amides is 2. The number of benzene rings is 2. The van der Waals surface area contributed by atoms with Crippen LogP contribution in [-0.2, 0) is 25.7 Å². The second-order valence-corrected chi connectivity index (χ2v) is 11.7. The van der Waals surface area contributed by atoms with Crippen molar-refractivity contribution in [1.82, 2.24) is 14.7 Å². The van der Waals surface area contributed by atoms with E-state index in [4.69, 9.17) is 9.73 Å². The van der Waals surface area contributed by atoms with Gasteiger partial charge in [-0.25, -0.2) is 9.79 Å². The van der Waals surface area contributed by atoms with Gasteiger partial charge < -0.3 is 19.4 Å². The second-order valence-electron chi connectivity index (χ2n) is 10.8. The van der Waals surface area contributed by atoms with Crippen LogP contribution in [0.15, 0.2) is 82.0 Å². The molecule has 214 valence electrons. The summed E-state index contributed by atoms with van der Waals surface area (Å²) in [6.45, 7) is 9.95. The Bertz CT molecular complexity index is 1410. The van der Waals surface area contributed by atoms with Gasteiger partial charge in [0.25, 0.3) is 0 Å². The largest absolute Gasteiger partial charge is 0.457 e. The monoisotopic (exact) mass is 572 g/mol. The first-order chi connectivity index (χ1) is 19.7. The van der Waals surface area contributed by atoms with Crippen molar-refractivity contribution in [1.29, 1.82) is 0 Å². The number of nitrogens with zero attached hydrogens (tertiary/aromatic N) is 4. The van der Waals surface area contributed by atoms with Crippen LogP contribution in [0.4, 0.5) is 0 Å². The summed E-state index contributed by atoms with van der Waals surface area (Å²) in [7, 11) is 0. The summed E-state index contributed by atoms with van der Waals surface area (Å²) in [5, 5.41) is 2.70. The molecule has 5 rings (SSSR count). The smallest absolute Gasteiger partial charge is 0.338 e. The zero-order valence-corrected chi connectivity index (χ0v) is 24.8. The Morgan fingerprint density at radius 1 is 0.976 bits per heavy atom. The highest BCUT2D eigenvalue weighted by Gasteiger charge is 2.41. The normalized spacial score (nSPS) is 18.8. The number of rotatable bonds is 7. The summed E-state index contributed by atoms with van der Waals surface area (Å²) in [5.74, 6) is -0.0231. The van der Waals surface area contributed by atoms with Crippen LogP contribution in [-0.4, -0.2) is 63.8 Å². The quantitative estimate of drug-likeness (QED) is 0.424. The molecule has 9 heteroatoms. The fraction of sp³-hybridized carbons (Fsp3) is 0.375. The molecule has 1 saturated heterocycles. The fourth-order valence-electron chi connectivity index (χ4n) is 5.35. The van der Waals surface area contributed by atoms with Gasteiger partial charge in [0, 0.05) is 38.8 Å². The van der Waals surface area contributed by atoms with E-state index in [9.17, 15) is 14.4 Å². The van der Waals surface area contributed by atoms with Gasteiger partial charge in [-0.1, -0.05) is 80.2 Å². The topological polar surface area (TPSA) is 82.5 Å². The average Bonchev–Trinajstić information content (AvgIpc) is 3.37. The molecule has 2 aromatic rings. The van der Waals surface area contributed by atoms with Crippen LogP contribution in [0.2, 0.25) is 0 Å². The van der Waals surface area contributed by atoms with Gasteiger partial charge in [0.2, 0.25) is 11.8 Å². The minimum absolute atomic E-state index is 0.00492. The van der Waals surface area contributed by atoms with E-state index in [-0.39, 0.29) is 24.8 Å². The minimum atomic E-state index is -0.476. The van der Waals surface area contributed by atoms with Crippen LogP contribution in [0, 0.1) is 0 Å². The molecule has 0 aliphatic carbocycles. The maximum atomic E-state index is 13.7. The van der Waals surface area contributed by atoms with Crippen LogP contribution in [0.25, 0.3) is 0 Å². The lowest BCUT2D eigenvalue weighted by molar-refractivity contribution is -0.141. The van der Waals surface area contributed by atoms with Crippen LogP contribution in [0.3, 0.4) is 0 Å². The first-order valence-electron chi connectivity index (χ1n) is 14.0. The molecular weight excluding hydrogens is 536 g/mol. The van der Waals surface area contributed by atoms with Crippen molar-refractivity contribution in [3.8, 4) is 0 Å². The van der Waals surface area contributed by atoms with Crippen LogP contribution >= 0.6 is 11.8 Å². The predicted molar refractivity (Wildman–Crippen MR) is 161 cm³/mol. The molecule has 3 aliphatic heterocycles. The third kappa shape index (κ3) is 6.25. The molecule has 1 unspecified atom stereocenters. The standard InChI is InChI=1S/C32H36N4O4S/c1-21(2)25-10-12-26(13-11-25)30-29(31(39)40-19-24-8-6-5-7-9-24)22(3)33-32-36(30)27(20-41-32)18-28(38)35-16-14-34(15-17-35)23(4)37/h5-13,20-21,30H,14-19H2,1-4H3. The predicted octanol–water partition coefficient (Wildman–Crippen LogP) is 5.21. The number of amidine groups is 1. The molecule has 1 fully saturated rings. The molecule has 0 spiro atoms. The Kier molecular flexibility index (Phi) is 8.63. The van der Waals surface area contributed by atoms with Crippen molar-refractivity contribution >= 4 is 34.7 Å². The number of piperazine rings is 1. The van der Waals surface area contributed by atoms with Gasteiger partial charge in [-0.3, -0.25) is 9.59 Å². The molecule has 1 atom stereocenters. The second kappa shape index (κ2) is 12.3. The summed E-state index contributed by atoms with van der Waals surface area (Å²) in [4.78, 5) is 49.2. The number of hydrogen-bond donors (Lipinski definition) is 0. The van der Waals surface area contributed by atoms with Gasteiger partial charge in [-0.15, -0.1) is 0 Å². The third-order valence-electron chi connectivity index (χ3n) is 7.76. The van der Waals surface area contributed by atoms with Crippen LogP contribution in [0.5, 0.6) is 0 Å². The molecule has 2 amide bonds. The Hall–Kier alpha value is -3.85. The number of ether oxygens (including phenoxy) is 1. The molecule has 3 heterocycles. The number of fused-ring (bicyclic) bond motifs is 1. The summed E-state index contributed by atoms with van der Waals surface area (Å²) in [6.07, 6.45) is 0.179. The van der Waals surface area contributed by atoms with Gasteiger partial charge in [-0.2, -0.15) is 0 Å². The lowest BCUT2D eigenvalue weighted by atomic mass is 9.92. The Morgan fingerprint density at radius 2 is 1.63 bits per heavy atom. The van der Waals surface area contributed by atoms with Gasteiger partial charge in [0.1, 0.15) is 6.61 Å². The van der Waals surface area contributed by atoms with E-state index in [0.717, 1.165) is 22.0 Å². The highest BCUT2D eigenvalue weighted by atomic mass is 32.2. The molecule has 0 bridgehead atoms. The third-order valence-corrected chi connectivity index (χ3v) is 8.65. The van der Waals surface area contributed by atoms with Crippen molar-refractivity contribution < 1.29 is 19.1 Å². The first-order valence-corrected chi connectivity index (χ1v) is 14.9. The van der Waals surface area contributed by atoms with E-state index in [1.807, 2.05) is 52.5 Å². The summed E-state index contributed by atoms with van der Waals surface area (Å²) >= 11 is 1.47. The molecule has 2 aromatic carbocycles. The molecule has 0 aromatic heterocycles. The lowest BCUT2D eigenvalue weighted by Gasteiger charge is -2.38. The SMILES string of the molecule is CC(=O)N1CCN(C(=O)CC2=CSC3=NC(C)=C(C(=O)OCc4ccccc4)C(c4ccc(C(C)C)cc4)N23)CC1. The van der Waals surface area contributed by atoms with Crippen molar-refractivity contribution in [2.45, 2.75) is 52.7 Å². The lowest BCUT2D eigenvalue weighted by Crippen LogP contribution is -2.50. The maximum Gasteiger partial charge on any atom is 0.338 e. The first kappa shape index (κ1) is 28.7. The van der Waals surface area contributed by atoms with Gasteiger partial charge in [0.15, 0.2) is 5.17 Å². The van der Waals surface area contributed by atoms with E-state index < -0.39 is 12.0 Å². The number of esters is 1. The minimum Gasteiger partial charge on any atom is -0.457 e. The number of carbonyl (C=O) groups is 3. The zero-order chi connectivity index (χ0) is 29.1. The van der Waals surface area contributed by atoms with E-state index in [2.05, 4.69) is 38.1 Å². The highest BCUT2D eigenvalue weighted by molar-refractivity contribution is 8.16. The van der Waals surface area contributed by atoms with Crippen molar-refractivity contribution in [2.75, 3.05) is 26.2 Å². The van der Waals surface area contributed by atoms with Gasteiger partial charge in [0.05, 0.1) is 23.7 Å². The molecule has 0 N–H and O–H groups in total. The molecule has 0 radical (unpaired) electrons. The highest BCUT2D eigenvalue weighted by Crippen LogP contribution is 2.45. The molecular formula is C32H36N4O4S. The van der Waals surface area contributed by atoms with E-state index >= 15 is 0 Å². The van der Waals surface area contributed by atoms with Crippen molar-refractivity contribution in [3.05, 3.63) is 93.7 Å². The fourth-order valence-corrected chi connectivity index (χ4v) is 6.31. The Balaban J connectivity index is 1.42. The molecule has 8 nitrogen and oxygen atoms in total. The Morgan fingerprint density at radius 3 is 2.27 bits per heavy atom. The maximum absolute atomic E-state index is 13.7. The number of thioether (sulfide) groups is 1. The van der Waals surface area contributed by atoms with Gasteiger partial charge >= 0.3 is 5.97 Å². The van der Waals surface area contributed by atoms with E-state index in [0.29, 0.717) is 43.4 Å². The van der Waals surface area contributed by atoms with Crippen LogP contribution < -0.4 is 0 Å². The Labute approximate surface area is 245 Å². The van der Waals surface area contributed by atoms with E-state index in [1.54, 1.807) is 11.8 Å². The zero-order valence-electron chi connectivity index (χ0n) is 24.0. The summed E-state index contributed by atoms with van der Waals surface area (Å²) in [6, 6.07) is 17.4. The number of allylic oxidation sites excluding steroid dienone is 1. The average molecular weight is 573 g/mol. The van der Waals surface area contributed by atoms with E-state index in [1.165, 1.54) is 17.3 Å². The van der Waals surface area contributed by atoms with Crippen LogP contribution in [0.1, 0.15) is 62.8 Å². The number of carbonyl (C=O) groups excluding carboxylic acids is 3. The molecule has 0 saturated carbocycles. The molecule has 41 heavy (non-hydrogen) atoms. The van der Waals surface area contributed by atoms with Crippen molar-refractivity contribution in [3.63, 3.8) is 0 Å². The number of hydrogen-bond acceptors (Lipinski definition) is 7. The van der Waals surface area contributed by atoms with Gasteiger partial charge in [-0.05, 0) is 34.9 Å².